The summed E-state index contributed by atoms with van der Waals surface area (Å²) < 4.78 is 5.29. The largest absolute Gasteiger partial charge is 0.497 e. The number of anilines is 1. The van der Waals surface area contributed by atoms with Crippen LogP contribution in [0.5, 0.6) is 5.75 Å². The number of rotatable bonds is 5. The van der Waals surface area contributed by atoms with Crippen LogP contribution in [0.4, 0.5) is 5.69 Å². The quantitative estimate of drug-likeness (QED) is 0.684. The minimum Gasteiger partial charge on any atom is -0.497 e. The zero-order valence-corrected chi connectivity index (χ0v) is 14.0. The van der Waals surface area contributed by atoms with Crippen molar-refractivity contribution in [1.82, 2.24) is 0 Å². The lowest BCUT2D eigenvalue weighted by Crippen LogP contribution is -2.09. The third kappa shape index (κ3) is 3.65. The summed E-state index contributed by atoms with van der Waals surface area (Å²) in [6, 6.07) is 21.4. The van der Waals surface area contributed by atoms with Gasteiger partial charge >= 0.3 is 0 Å². The fraction of sp³-hybridized carbons (Fsp3) is 0.238. The molecule has 23 heavy (non-hydrogen) atoms. The van der Waals surface area contributed by atoms with E-state index in [-0.39, 0.29) is 0 Å². The van der Waals surface area contributed by atoms with E-state index in [1.807, 2.05) is 6.07 Å². The zero-order chi connectivity index (χ0) is 16.2. The molecule has 0 saturated carbocycles. The molecule has 1 N–H and O–H groups in total. The van der Waals surface area contributed by atoms with Crippen LogP contribution in [-0.2, 0) is 0 Å². The minimum atomic E-state index is 0.447. The number of benzene rings is 3. The van der Waals surface area contributed by atoms with Crippen LogP contribution in [0.1, 0.15) is 24.0 Å². The van der Waals surface area contributed by atoms with Crippen molar-refractivity contribution in [3.05, 3.63) is 71.8 Å². The molecule has 0 fully saturated rings. The standard InChI is InChI=1S/C21H23NO/c1-15-4-9-20(10-5-15)22-14-16(2)17-6-7-19-13-21(23-3)11-8-18(19)12-17/h4-13,16,22H,14H2,1-3H3. The molecule has 0 aliphatic rings. The second-order valence-electron chi connectivity index (χ2n) is 6.12. The van der Waals surface area contributed by atoms with Crippen molar-refractivity contribution in [2.75, 3.05) is 19.0 Å². The molecule has 2 heteroatoms. The van der Waals surface area contributed by atoms with Crippen LogP contribution in [0.15, 0.2) is 60.7 Å². The molecular formula is C21H23NO. The highest BCUT2D eigenvalue weighted by Gasteiger charge is 2.07. The highest BCUT2D eigenvalue weighted by Crippen LogP contribution is 2.25. The molecule has 0 aliphatic heterocycles. The summed E-state index contributed by atoms with van der Waals surface area (Å²) in [6.45, 7) is 5.28. The predicted molar refractivity (Wildman–Crippen MR) is 98.6 cm³/mol. The van der Waals surface area contributed by atoms with Gasteiger partial charge in [-0.05, 0) is 53.4 Å². The molecule has 0 saturated heterocycles. The Morgan fingerprint density at radius 3 is 2.35 bits per heavy atom. The van der Waals surface area contributed by atoms with Gasteiger partial charge in [-0.15, -0.1) is 0 Å². The van der Waals surface area contributed by atoms with Gasteiger partial charge in [-0.2, -0.15) is 0 Å². The fourth-order valence-electron chi connectivity index (χ4n) is 2.74. The highest BCUT2D eigenvalue weighted by molar-refractivity contribution is 5.84. The molecule has 1 atom stereocenters. The van der Waals surface area contributed by atoms with E-state index in [0.717, 1.165) is 12.3 Å². The normalized spacial score (nSPS) is 12.1. The van der Waals surface area contributed by atoms with Crippen LogP contribution in [0.2, 0.25) is 0 Å². The smallest absolute Gasteiger partial charge is 0.119 e. The number of nitrogens with one attached hydrogen (secondary N) is 1. The Bertz CT molecular complexity index is 793. The first-order chi connectivity index (χ1) is 11.2. The van der Waals surface area contributed by atoms with Gasteiger partial charge in [0.05, 0.1) is 7.11 Å². The van der Waals surface area contributed by atoms with Crippen LogP contribution < -0.4 is 10.1 Å². The maximum absolute atomic E-state index is 5.29. The van der Waals surface area contributed by atoms with Crippen molar-refractivity contribution in [2.24, 2.45) is 0 Å². The Morgan fingerprint density at radius 1 is 0.913 bits per heavy atom. The van der Waals surface area contributed by atoms with E-state index in [2.05, 4.69) is 73.8 Å². The molecule has 3 aromatic carbocycles. The number of hydrogen-bond donors (Lipinski definition) is 1. The summed E-state index contributed by atoms with van der Waals surface area (Å²) in [5, 5.41) is 5.99. The first-order valence-electron chi connectivity index (χ1n) is 8.04. The van der Waals surface area contributed by atoms with Crippen molar-refractivity contribution < 1.29 is 4.74 Å². The van der Waals surface area contributed by atoms with Gasteiger partial charge in [0.2, 0.25) is 0 Å². The van der Waals surface area contributed by atoms with Crippen LogP contribution in [0.25, 0.3) is 10.8 Å². The van der Waals surface area contributed by atoms with Crippen molar-refractivity contribution >= 4 is 16.5 Å². The number of hydrogen-bond acceptors (Lipinski definition) is 2. The van der Waals surface area contributed by atoms with Gasteiger partial charge in [0.25, 0.3) is 0 Å². The van der Waals surface area contributed by atoms with E-state index in [1.54, 1.807) is 7.11 Å². The van der Waals surface area contributed by atoms with E-state index >= 15 is 0 Å². The second-order valence-corrected chi connectivity index (χ2v) is 6.12. The fourth-order valence-corrected chi connectivity index (χ4v) is 2.74. The Labute approximate surface area is 138 Å². The van der Waals surface area contributed by atoms with Gasteiger partial charge in [0, 0.05) is 12.2 Å². The van der Waals surface area contributed by atoms with Gasteiger partial charge < -0.3 is 10.1 Å². The molecule has 0 amide bonds. The van der Waals surface area contributed by atoms with Gasteiger partial charge in [-0.3, -0.25) is 0 Å². The van der Waals surface area contributed by atoms with Crippen molar-refractivity contribution in [2.45, 2.75) is 19.8 Å². The summed E-state index contributed by atoms with van der Waals surface area (Å²) in [7, 11) is 1.70. The Kier molecular flexibility index (Phi) is 4.52. The summed E-state index contributed by atoms with van der Waals surface area (Å²) >= 11 is 0. The van der Waals surface area contributed by atoms with Gasteiger partial charge in [0.15, 0.2) is 0 Å². The Balaban J connectivity index is 1.72. The average Bonchev–Trinajstić information content (AvgIpc) is 2.60. The van der Waals surface area contributed by atoms with E-state index < -0.39 is 0 Å². The number of methoxy groups -OCH3 is 1. The lowest BCUT2D eigenvalue weighted by atomic mass is 9.97. The highest BCUT2D eigenvalue weighted by atomic mass is 16.5. The Hall–Kier alpha value is -2.48. The van der Waals surface area contributed by atoms with E-state index in [1.165, 1.54) is 27.6 Å². The molecule has 0 aromatic heterocycles. The molecule has 3 aromatic rings. The Morgan fingerprint density at radius 2 is 1.61 bits per heavy atom. The number of fused-ring (bicyclic) bond motifs is 1. The molecule has 3 rings (SSSR count). The minimum absolute atomic E-state index is 0.447. The van der Waals surface area contributed by atoms with Gasteiger partial charge in [0.1, 0.15) is 5.75 Å². The van der Waals surface area contributed by atoms with E-state index in [4.69, 9.17) is 4.74 Å². The molecule has 1 unspecified atom stereocenters. The summed E-state index contributed by atoms with van der Waals surface area (Å²) in [4.78, 5) is 0. The van der Waals surface area contributed by atoms with E-state index in [0.29, 0.717) is 5.92 Å². The zero-order valence-electron chi connectivity index (χ0n) is 14.0. The van der Waals surface area contributed by atoms with Crippen molar-refractivity contribution in [3.63, 3.8) is 0 Å². The molecule has 0 aliphatic carbocycles. The number of ether oxygens (including phenoxy) is 1. The third-order valence-electron chi connectivity index (χ3n) is 4.30. The molecule has 0 radical (unpaired) electrons. The summed E-state index contributed by atoms with van der Waals surface area (Å²) in [5.41, 5.74) is 3.81. The average molecular weight is 305 g/mol. The van der Waals surface area contributed by atoms with Crippen LogP contribution in [0, 0.1) is 6.92 Å². The van der Waals surface area contributed by atoms with E-state index in [9.17, 15) is 0 Å². The molecular weight excluding hydrogens is 282 g/mol. The molecule has 2 nitrogen and oxygen atoms in total. The molecule has 0 spiro atoms. The van der Waals surface area contributed by atoms with Crippen LogP contribution >= 0.6 is 0 Å². The maximum Gasteiger partial charge on any atom is 0.119 e. The third-order valence-corrected chi connectivity index (χ3v) is 4.30. The van der Waals surface area contributed by atoms with Crippen molar-refractivity contribution in [1.29, 1.82) is 0 Å². The monoisotopic (exact) mass is 305 g/mol. The predicted octanol–water partition coefficient (Wildman–Crippen LogP) is 5.37. The SMILES string of the molecule is COc1ccc2cc(C(C)CNc3ccc(C)cc3)ccc2c1. The first-order valence-corrected chi connectivity index (χ1v) is 8.04. The maximum atomic E-state index is 5.29. The summed E-state index contributed by atoms with van der Waals surface area (Å²) in [5.74, 6) is 1.35. The molecule has 118 valence electrons. The first kappa shape index (κ1) is 15.4. The molecule has 0 bridgehead atoms. The second kappa shape index (κ2) is 6.74. The van der Waals surface area contributed by atoms with Crippen LogP contribution in [0.3, 0.4) is 0 Å². The molecule has 0 heterocycles. The van der Waals surface area contributed by atoms with Gasteiger partial charge in [-0.25, -0.2) is 0 Å². The van der Waals surface area contributed by atoms with Gasteiger partial charge in [-0.1, -0.05) is 48.9 Å². The van der Waals surface area contributed by atoms with Crippen molar-refractivity contribution in [3.8, 4) is 5.75 Å². The van der Waals surface area contributed by atoms with Crippen LogP contribution in [-0.4, -0.2) is 13.7 Å². The lowest BCUT2D eigenvalue weighted by molar-refractivity contribution is 0.415. The number of aryl methyl sites for hydroxylation is 1. The topological polar surface area (TPSA) is 21.3 Å². The summed E-state index contributed by atoms with van der Waals surface area (Å²) in [6.07, 6.45) is 0. The lowest BCUT2D eigenvalue weighted by Gasteiger charge is -2.15.